The third kappa shape index (κ3) is 8.63. The lowest BCUT2D eigenvalue weighted by molar-refractivity contribution is -0.150. The zero-order chi connectivity index (χ0) is 47.2. The lowest BCUT2D eigenvalue weighted by Crippen LogP contribution is -2.71. The van der Waals surface area contributed by atoms with E-state index in [1.165, 1.54) is 28.0 Å². The summed E-state index contributed by atoms with van der Waals surface area (Å²) in [5.74, 6) is -2.29. The van der Waals surface area contributed by atoms with Gasteiger partial charge in [0.1, 0.15) is 28.3 Å². The van der Waals surface area contributed by atoms with Crippen molar-refractivity contribution in [3.8, 4) is 0 Å². The van der Waals surface area contributed by atoms with E-state index in [2.05, 4.69) is 56.6 Å². The van der Waals surface area contributed by atoms with Crippen molar-refractivity contribution in [1.29, 1.82) is 0 Å². The van der Waals surface area contributed by atoms with Crippen molar-refractivity contribution in [3.05, 3.63) is 255 Å². The molecule has 15 heteroatoms. The summed E-state index contributed by atoms with van der Waals surface area (Å²) in [6.45, 7) is 0. The first-order valence-electron chi connectivity index (χ1n) is 21.9. The molecule has 10 rings (SSSR count). The summed E-state index contributed by atoms with van der Waals surface area (Å²) in [4.78, 5) is 55.8. The molecule has 2 aliphatic rings. The highest BCUT2D eigenvalue weighted by Gasteiger charge is 2.54. The van der Waals surface area contributed by atoms with Gasteiger partial charge in [0.2, 0.25) is 5.60 Å². The number of anilines is 1. The standard InChI is InChI=1S/C54H41N7O5S3/c62-48(57-46-49(63)61-47(51(64)65)36(34-67-50(46)61)31-32-43-33-55-60-69-43)45(59-66-54(40-25-13-4-14-26-40,41-27-15-5-16-28-41)42-29-17-6-18-30-42)44-35-68-52(56-44)58-53(37-19-7-1-8-20-37,38-21-9-2-10-22-38)39-23-11-3-12-24-39/h1-33,35,46,50H,34H2,(H,56,58)(H,57,62)(H,64,65)/t46?,50-/m0/s1. The third-order valence-corrected chi connectivity index (χ3v) is 14.7. The molecule has 2 amide bonds. The van der Waals surface area contributed by atoms with Crippen molar-refractivity contribution in [2.45, 2.75) is 22.6 Å². The van der Waals surface area contributed by atoms with Gasteiger partial charge in [0.25, 0.3) is 11.8 Å². The van der Waals surface area contributed by atoms with E-state index in [0.717, 1.165) is 49.8 Å². The van der Waals surface area contributed by atoms with E-state index in [9.17, 15) is 14.7 Å². The number of benzene rings is 6. The van der Waals surface area contributed by atoms with Crippen LogP contribution in [0.4, 0.5) is 5.13 Å². The minimum absolute atomic E-state index is 0.146. The Kier molecular flexibility index (Phi) is 12.8. The van der Waals surface area contributed by atoms with Gasteiger partial charge in [-0.15, -0.1) is 28.2 Å². The van der Waals surface area contributed by atoms with Gasteiger partial charge in [-0.25, -0.2) is 9.78 Å². The number of rotatable bonds is 16. The molecule has 3 N–H and O–H groups in total. The molecule has 2 atom stereocenters. The topological polar surface area (TPSA) is 159 Å². The van der Waals surface area contributed by atoms with Crippen molar-refractivity contribution in [2.75, 3.05) is 11.1 Å². The number of amides is 2. The van der Waals surface area contributed by atoms with Gasteiger partial charge in [-0.2, -0.15) is 0 Å². The summed E-state index contributed by atoms with van der Waals surface area (Å²) in [6.07, 6.45) is 4.95. The minimum Gasteiger partial charge on any atom is -0.477 e. The smallest absolute Gasteiger partial charge is 0.352 e. The average Bonchev–Trinajstić information content (AvgIpc) is 4.12. The summed E-state index contributed by atoms with van der Waals surface area (Å²) >= 11 is 3.80. The fourth-order valence-corrected chi connectivity index (χ4v) is 11.3. The Balaban J connectivity index is 1.07. The number of oxime groups is 1. The van der Waals surface area contributed by atoms with Gasteiger partial charge >= 0.3 is 5.97 Å². The lowest BCUT2D eigenvalue weighted by Gasteiger charge is -2.49. The number of fused-ring (bicyclic) bond motifs is 1. The predicted octanol–water partition coefficient (Wildman–Crippen LogP) is 9.56. The average molecular weight is 964 g/mol. The van der Waals surface area contributed by atoms with Crippen LogP contribution in [-0.2, 0) is 30.4 Å². The van der Waals surface area contributed by atoms with Crippen LogP contribution in [0.5, 0.6) is 0 Å². The molecule has 8 aromatic rings. The number of hydrogen-bond donors (Lipinski definition) is 3. The number of hydrogen-bond acceptors (Lipinski definition) is 12. The van der Waals surface area contributed by atoms with Gasteiger partial charge in [-0.3, -0.25) is 14.5 Å². The Bertz CT molecular complexity index is 2980. The highest BCUT2D eigenvalue weighted by Crippen LogP contribution is 2.44. The molecule has 0 bridgehead atoms. The summed E-state index contributed by atoms with van der Waals surface area (Å²) in [6, 6.07) is 58.2. The number of β-lactam (4-membered cyclic amide) rings is 1. The van der Waals surface area contributed by atoms with Crippen LogP contribution in [0, 0.1) is 0 Å². The number of carboxylic acids is 1. The Labute approximate surface area is 409 Å². The first kappa shape index (κ1) is 44.8. The van der Waals surface area contributed by atoms with Crippen molar-refractivity contribution >= 4 is 69.3 Å². The number of aromatic nitrogens is 3. The van der Waals surface area contributed by atoms with Crippen LogP contribution in [0.15, 0.2) is 216 Å². The normalized spacial score (nSPS) is 16.1. The zero-order valence-electron chi connectivity index (χ0n) is 36.5. The van der Waals surface area contributed by atoms with Gasteiger partial charge in [-0.05, 0) is 39.9 Å². The van der Waals surface area contributed by atoms with Crippen LogP contribution in [0.3, 0.4) is 0 Å². The summed E-state index contributed by atoms with van der Waals surface area (Å²) in [7, 11) is 0. The molecule has 0 spiro atoms. The maximum atomic E-state index is 15.1. The molecule has 1 saturated heterocycles. The highest BCUT2D eigenvalue weighted by molar-refractivity contribution is 8.00. The van der Waals surface area contributed by atoms with Crippen LogP contribution in [0.2, 0.25) is 0 Å². The molecule has 4 heterocycles. The fraction of sp³-hybridized carbons (Fsp3) is 0.0926. The van der Waals surface area contributed by atoms with Gasteiger partial charge in [0, 0.05) is 27.8 Å². The Morgan fingerprint density at radius 2 is 1.20 bits per heavy atom. The summed E-state index contributed by atoms with van der Waals surface area (Å²) in [5, 5.41) is 27.2. The van der Waals surface area contributed by atoms with E-state index in [0.29, 0.717) is 10.7 Å². The van der Waals surface area contributed by atoms with E-state index >= 15 is 4.79 Å². The Morgan fingerprint density at radius 3 is 1.67 bits per heavy atom. The first-order valence-corrected chi connectivity index (χ1v) is 24.6. The second-order valence-electron chi connectivity index (χ2n) is 16.0. The quantitative estimate of drug-likeness (QED) is 0.0369. The van der Waals surface area contributed by atoms with E-state index < -0.39 is 40.3 Å². The third-order valence-electron chi connectivity index (χ3n) is 12.0. The molecular formula is C54H41N7O5S3. The molecule has 0 radical (unpaired) electrons. The molecule has 2 aliphatic heterocycles. The minimum atomic E-state index is -1.36. The molecule has 1 unspecified atom stereocenters. The first-order chi connectivity index (χ1) is 33.9. The molecule has 0 saturated carbocycles. The number of nitrogens with zero attached hydrogens (tertiary/aromatic N) is 5. The lowest BCUT2D eigenvalue weighted by atomic mass is 9.77. The van der Waals surface area contributed by atoms with Crippen LogP contribution in [-0.4, -0.2) is 65.2 Å². The number of carbonyl (C=O) groups is 3. The Hall–Kier alpha value is -7.98. The molecule has 340 valence electrons. The zero-order valence-corrected chi connectivity index (χ0v) is 39.0. The van der Waals surface area contributed by atoms with Gasteiger partial charge < -0.3 is 20.6 Å². The molecule has 6 aromatic carbocycles. The number of thiazole rings is 1. The van der Waals surface area contributed by atoms with E-state index in [1.54, 1.807) is 23.7 Å². The molecular weight excluding hydrogens is 923 g/mol. The molecule has 69 heavy (non-hydrogen) atoms. The molecule has 1 fully saturated rings. The largest absolute Gasteiger partial charge is 0.477 e. The van der Waals surface area contributed by atoms with Gasteiger partial charge in [0.15, 0.2) is 10.8 Å². The van der Waals surface area contributed by atoms with Crippen LogP contribution in [0.1, 0.15) is 44.0 Å². The maximum absolute atomic E-state index is 15.1. The fourth-order valence-electron chi connectivity index (χ4n) is 8.79. The van der Waals surface area contributed by atoms with Crippen LogP contribution in [0.25, 0.3) is 6.08 Å². The van der Waals surface area contributed by atoms with Crippen molar-refractivity contribution in [2.24, 2.45) is 5.16 Å². The number of carboxylic acid groups (broad SMARTS) is 1. The molecule has 0 aliphatic carbocycles. The second kappa shape index (κ2) is 19.7. The van der Waals surface area contributed by atoms with E-state index in [1.807, 2.05) is 146 Å². The molecule has 2 aromatic heterocycles. The SMILES string of the molecule is O=C(O)C1=C(C=Cc2cnns2)CS[C@H]2C(NC(=O)C(=NOC(c3ccccc3)(c3ccccc3)c3ccccc3)c3csc(NC(c4ccccc4)(c4ccccc4)c4ccccc4)n3)C(=O)N12. The van der Waals surface area contributed by atoms with Crippen LogP contribution >= 0.6 is 34.6 Å². The number of aliphatic carboxylic acids is 1. The highest BCUT2D eigenvalue weighted by atomic mass is 32.2. The number of thioether (sulfide) groups is 1. The predicted molar refractivity (Wildman–Crippen MR) is 270 cm³/mol. The van der Waals surface area contributed by atoms with Crippen molar-refractivity contribution in [3.63, 3.8) is 0 Å². The van der Waals surface area contributed by atoms with Gasteiger partial charge in [0.05, 0.1) is 11.1 Å². The Morgan fingerprint density at radius 1 is 0.710 bits per heavy atom. The number of nitrogens with one attached hydrogen (secondary N) is 2. The maximum Gasteiger partial charge on any atom is 0.352 e. The van der Waals surface area contributed by atoms with Crippen LogP contribution < -0.4 is 10.6 Å². The molecule has 12 nitrogen and oxygen atoms in total. The van der Waals surface area contributed by atoms with E-state index in [4.69, 9.17) is 15.0 Å². The van der Waals surface area contributed by atoms with E-state index in [-0.39, 0.29) is 22.9 Å². The monoisotopic (exact) mass is 963 g/mol. The number of allylic oxidation sites excluding steroid dienone is 1. The van der Waals surface area contributed by atoms with Crippen molar-refractivity contribution in [1.82, 2.24) is 24.8 Å². The van der Waals surface area contributed by atoms with Gasteiger partial charge in [-0.1, -0.05) is 198 Å². The summed E-state index contributed by atoms with van der Waals surface area (Å²) < 4.78 is 3.86. The van der Waals surface area contributed by atoms with Crippen molar-refractivity contribution < 1.29 is 24.3 Å². The summed E-state index contributed by atoms with van der Waals surface area (Å²) in [5.41, 5.74) is 3.11. The second-order valence-corrected chi connectivity index (χ2v) is 18.8. The number of carbonyl (C=O) groups excluding carboxylic acids is 2.